The van der Waals surface area contributed by atoms with E-state index in [2.05, 4.69) is 19.2 Å². The van der Waals surface area contributed by atoms with Crippen LogP contribution in [0.3, 0.4) is 0 Å². The fourth-order valence-corrected chi connectivity index (χ4v) is 1.87. The third-order valence-corrected chi connectivity index (χ3v) is 3.09. The van der Waals surface area contributed by atoms with Gasteiger partial charge in [0.25, 0.3) is 0 Å². The molecule has 1 atom stereocenters. The number of amides is 1. The highest BCUT2D eigenvalue weighted by Gasteiger charge is 2.12. The van der Waals surface area contributed by atoms with Gasteiger partial charge in [-0.05, 0) is 24.1 Å². The Bertz CT molecular complexity index is 462. The maximum absolute atomic E-state index is 11.8. The third-order valence-electron chi connectivity index (χ3n) is 2.80. The molecule has 3 N–H and O–H groups in total. The molecular weight excluding hydrogens is 292 g/mol. The molecule has 1 amide bonds. The van der Waals surface area contributed by atoms with E-state index >= 15 is 0 Å². The molecular formula is C15H23ClN2O3. The summed E-state index contributed by atoms with van der Waals surface area (Å²) < 4.78 is 10.6. The number of benzene rings is 1. The molecule has 0 aliphatic heterocycles. The number of ether oxygens (including phenoxy) is 2. The van der Waals surface area contributed by atoms with Crippen molar-refractivity contribution in [2.75, 3.05) is 25.6 Å². The number of methoxy groups -OCH3 is 1. The average molecular weight is 315 g/mol. The van der Waals surface area contributed by atoms with Crippen molar-refractivity contribution < 1.29 is 14.3 Å². The van der Waals surface area contributed by atoms with Crippen molar-refractivity contribution in [3.63, 3.8) is 0 Å². The lowest BCUT2D eigenvalue weighted by Gasteiger charge is -2.14. The number of hydrogen-bond acceptors (Lipinski definition) is 4. The van der Waals surface area contributed by atoms with Crippen LogP contribution in [0.1, 0.15) is 20.3 Å². The fraction of sp³-hybridized carbons (Fsp3) is 0.533. The Morgan fingerprint density at radius 1 is 1.43 bits per heavy atom. The van der Waals surface area contributed by atoms with E-state index in [9.17, 15) is 4.79 Å². The summed E-state index contributed by atoms with van der Waals surface area (Å²) in [7, 11) is 1.53. The standard InChI is InChI=1S/C15H23ClN2O3/c1-10(2)9-21-14-5-4-11(6-13(14)16)18-15(19)7-12(8-17)20-3/h4-6,10,12H,7-9,17H2,1-3H3,(H,18,19). The predicted molar refractivity (Wildman–Crippen MR) is 84.9 cm³/mol. The summed E-state index contributed by atoms with van der Waals surface area (Å²) in [6.07, 6.45) is -0.0786. The highest BCUT2D eigenvalue weighted by molar-refractivity contribution is 6.32. The highest BCUT2D eigenvalue weighted by Crippen LogP contribution is 2.28. The molecule has 0 saturated carbocycles. The van der Waals surface area contributed by atoms with Gasteiger partial charge in [0.15, 0.2) is 0 Å². The van der Waals surface area contributed by atoms with Gasteiger partial charge in [0.05, 0.1) is 24.2 Å². The van der Waals surface area contributed by atoms with Crippen LogP contribution in [0.5, 0.6) is 5.75 Å². The van der Waals surface area contributed by atoms with Crippen molar-refractivity contribution in [1.29, 1.82) is 0 Å². The van der Waals surface area contributed by atoms with Crippen LogP contribution in [0.15, 0.2) is 18.2 Å². The van der Waals surface area contributed by atoms with Crippen molar-refractivity contribution in [2.45, 2.75) is 26.4 Å². The lowest BCUT2D eigenvalue weighted by atomic mass is 10.2. The van der Waals surface area contributed by atoms with E-state index in [1.165, 1.54) is 7.11 Å². The van der Waals surface area contributed by atoms with E-state index in [0.717, 1.165) is 0 Å². The van der Waals surface area contributed by atoms with Gasteiger partial charge in [0.1, 0.15) is 5.75 Å². The number of carbonyl (C=O) groups excluding carboxylic acids is 1. The van der Waals surface area contributed by atoms with Crippen molar-refractivity contribution in [3.8, 4) is 5.75 Å². The van der Waals surface area contributed by atoms with Crippen molar-refractivity contribution in [1.82, 2.24) is 0 Å². The molecule has 1 rings (SSSR count). The van der Waals surface area contributed by atoms with E-state index in [-0.39, 0.29) is 18.4 Å². The van der Waals surface area contributed by atoms with E-state index in [1.807, 2.05) is 0 Å². The smallest absolute Gasteiger partial charge is 0.227 e. The lowest BCUT2D eigenvalue weighted by Crippen LogP contribution is -2.28. The molecule has 0 bridgehead atoms. The minimum absolute atomic E-state index is 0.167. The topological polar surface area (TPSA) is 73.6 Å². The fourth-order valence-electron chi connectivity index (χ4n) is 1.63. The normalized spacial score (nSPS) is 12.3. The second kappa shape index (κ2) is 8.87. The number of rotatable bonds is 8. The SMILES string of the molecule is COC(CN)CC(=O)Nc1ccc(OCC(C)C)c(Cl)c1. The first-order valence-corrected chi connectivity index (χ1v) is 7.29. The Balaban J connectivity index is 2.60. The average Bonchev–Trinajstić information content (AvgIpc) is 2.43. The first kappa shape index (κ1) is 17.8. The molecule has 5 nitrogen and oxygen atoms in total. The second-order valence-electron chi connectivity index (χ2n) is 5.20. The summed E-state index contributed by atoms with van der Waals surface area (Å²) in [6.45, 7) is 5.02. The van der Waals surface area contributed by atoms with Gasteiger partial charge < -0.3 is 20.5 Å². The minimum Gasteiger partial charge on any atom is -0.492 e. The Kier molecular flexibility index (Phi) is 7.50. The monoisotopic (exact) mass is 314 g/mol. The summed E-state index contributed by atoms with van der Waals surface area (Å²) in [5.41, 5.74) is 6.10. The van der Waals surface area contributed by atoms with E-state index in [1.54, 1.807) is 18.2 Å². The van der Waals surface area contributed by atoms with Gasteiger partial charge in [-0.1, -0.05) is 25.4 Å². The zero-order valence-corrected chi connectivity index (χ0v) is 13.4. The molecule has 1 aromatic carbocycles. The summed E-state index contributed by atoms with van der Waals surface area (Å²) in [5.74, 6) is 0.863. The Morgan fingerprint density at radius 3 is 2.67 bits per heavy atom. The molecule has 0 aromatic heterocycles. The van der Waals surface area contributed by atoms with Crippen molar-refractivity contribution in [2.24, 2.45) is 11.7 Å². The Labute approximate surface area is 130 Å². The zero-order valence-electron chi connectivity index (χ0n) is 12.7. The lowest BCUT2D eigenvalue weighted by molar-refractivity contribution is -0.118. The Hall–Kier alpha value is -1.30. The molecule has 6 heteroatoms. The summed E-state index contributed by atoms with van der Waals surface area (Å²) in [4.78, 5) is 11.8. The number of hydrogen-bond donors (Lipinski definition) is 2. The summed E-state index contributed by atoms with van der Waals surface area (Å²) >= 11 is 6.14. The van der Waals surface area contributed by atoms with Crippen LogP contribution in [0.4, 0.5) is 5.69 Å². The molecule has 1 unspecified atom stereocenters. The van der Waals surface area contributed by atoms with Gasteiger partial charge in [-0.2, -0.15) is 0 Å². The molecule has 21 heavy (non-hydrogen) atoms. The maximum Gasteiger partial charge on any atom is 0.227 e. The van der Waals surface area contributed by atoms with Crippen LogP contribution < -0.4 is 15.8 Å². The number of nitrogens with two attached hydrogens (primary N) is 1. The van der Waals surface area contributed by atoms with E-state index in [0.29, 0.717) is 35.5 Å². The van der Waals surface area contributed by atoms with Gasteiger partial charge >= 0.3 is 0 Å². The largest absolute Gasteiger partial charge is 0.492 e. The van der Waals surface area contributed by atoms with Crippen LogP contribution in [0.25, 0.3) is 0 Å². The van der Waals surface area contributed by atoms with Crippen LogP contribution in [0, 0.1) is 5.92 Å². The molecule has 0 aliphatic rings. The first-order valence-electron chi connectivity index (χ1n) is 6.91. The molecule has 0 heterocycles. The zero-order chi connectivity index (χ0) is 15.8. The van der Waals surface area contributed by atoms with Crippen LogP contribution in [-0.4, -0.2) is 32.3 Å². The quantitative estimate of drug-likeness (QED) is 0.773. The summed E-state index contributed by atoms with van der Waals surface area (Å²) in [5, 5.41) is 3.23. The minimum atomic E-state index is -0.283. The highest BCUT2D eigenvalue weighted by atomic mass is 35.5. The number of nitrogens with one attached hydrogen (secondary N) is 1. The van der Waals surface area contributed by atoms with Crippen molar-refractivity contribution in [3.05, 3.63) is 23.2 Å². The van der Waals surface area contributed by atoms with Gasteiger partial charge in [0, 0.05) is 19.3 Å². The van der Waals surface area contributed by atoms with Gasteiger partial charge in [-0.25, -0.2) is 0 Å². The predicted octanol–water partition coefficient (Wildman–Crippen LogP) is 2.68. The summed E-state index contributed by atoms with van der Waals surface area (Å²) in [6, 6.07) is 5.17. The number of halogens is 1. The first-order chi connectivity index (χ1) is 9.96. The van der Waals surface area contributed by atoms with Crippen molar-refractivity contribution >= 4 is 23.2 Å². The molecule has 0 spiro atoms. The molecule has 0 fully saturated rings. The van der Waals surface area contributed by atoms with E-state index in [4.69, 9.17) is 26.8 Å². The second-order valence-corrected chi connectivity index (χ2v) is 5.60. The number of anilines is 1. The van der Waals surface area contributed by atoms with Gasteiger partial charge in [-0.15, -0.1) is 0 Å². The third kappa shape index (κ3) is 6.33. The van der Waals surface area contributed by atoms with Crippen LogP contribution in [-0.2, 0) is 9.53 Å². The van der Waals surface area contributed by atoms with Crippen LogP contribution >= 0.6 is 11.6 Å². The van der Waals surface area contributed by atoms with Crippen LogP contribution in [0.2, 0.25) is 5.02 Å². The number of carbonyl (C=O) groups is 1. The van der Waals surface area contributed by atoms with Gasteiger partial charge in [0.2, 0.25) is 5.91 Å². The molecule has 0 saturated heterocycles. The maximum atomic E-state index is 11.8. The van der Waals surface area contributed by atoms with E-state index < -0.39 is 0 Å². The Morgan fingerprint density at radius 2 is 2.14 bits per heavy atom. The molecule has 118 valence electrons. The molecule has 0 aliphatic carbocycles. The molecule has 1 aromatic rings. The molecule has 0 radical (unpaired) electrons. The van der Waals surface area contributed by atoms with Gasteiger partial charge in [-0.3, -0.25) is 4.79 Å².